The summed E-state index contributed by atoms with van der Waals surface area (Å²) in [6.45, 7) is 5.95. The van der Waals surface area contributed by atoms with Crippen molar-refractivity contribution in [2.75, 3.05) is 13.2 Å². The van der Waals surface area contributed by atoms with Gasteiger partial charge in [0.15, 0.2) is 0 Å². The lowest BCUT2D eigenvalue weighted by molar-refractivity contribution is -0.125. The molecule has 6 nitrogen and oxygen atoms in total. The molecule has 2 N–H and O–H groups in total. The van der Waals surface area contributed by atoms with E-state index in [9.17, 15) is 15.0 Å². The van der Waals surface area contributed by atoms with E-state index >= 15 is 0 Å². The molecule has 0 radical (unpaired) electrons. The monoisotopic (exact) mass is 428 g/mol. The van der Waals surface area contributed by atoms with Crippen LogP contribution in [0, 0.1) is 18.8 Å². The molecule has 2 aromatic rings. The van der Waals surface area contributed by atoms with Crippen LogP contribution in [0.4, 0.5) is 4.79 Å². The number of rotatable bonds is 7. The fraction of sp³-hybridized carbons (Fsp3) is 0.480. The standard InChI is InChI=1S/C25H32O6/c1-4-29-25(28)30-15-20-14-22(24(27)23(26)17(20)3)31-21-8-6-5-7-19(21)13-18-11-9-16(2)10-12-18/h5-12,17,20,22-24,26-27H,4,13-15H2,1-3H3/t17-,20-,22?,23+,24+/m1/s1. The Morgan fingerprint density at radius 1 is 1.03 bits per heavy atom. The molecule has 168 valence electrons. The third-order valence-electron chi connectivity index (χ3n) is 5.99. The van der Waals surface area contributed by atoms with Gasteiger partial charge in [-0.15, -0.1) is 0 Å². The van der Waals surface area contributed by atoms with Crippen molar-refractivity contribution in [2.45, 2.75) is 51.9 Å². The van der Waals surface area contributed by atoms with E-state index in [2.05, 4.69) is 31.2 Å². The lowest BCUT2D eigenvalue weighted by Gasteiger charge is -2.41. The fourth-order valence-corrected chi connectivity index (χ4v) is 3.99. The molecule has 1 saturated carbocycles. The summed E-state index contributed by atoms with van der Waals surface area (Å²) >= 11 is 0. The first-order chi connectivity index (χ1) is 14.9. The van der Waals surface area contributed by atoms with Gasteiger partial charge in [0.25, 0.3) is 0 Å². The van der Waals surface area contributed by atoms with Gasteiger partial charge in [-0.1, -0.05) is 55.0 Å². The van der Waals surface area contributed by atoms with Crippen LogP contribution in [0.25, 0.3) is 0 Å². The largest absolute Gasteiger partial charge is 0.508 e. The number of hydrogen-bond donors (Lipinski definition) is 2. The van der Waals surface area contributed by atoms with Crippen molar-refractivity contribution in [3.05, 3.63) is 65.2 Å². The second-order valence-corrected chi connectivity index (χ2v) is 8.26. The van der Waals surface area contributed by atoms with Crippen molar-refractivity contribution in [2.24, 2.45) is 11.8 Å². The fourth-order valence-electron chi connectivity index (χ4n) is 3.99. The summed E-state index contributed by atoms with van der Waals surface area (Å²) in [6, 6.07) is 16.1. The van der Waals surface area contributed by atoms with Crippen LogP contribution >= 0.6 is 0 Å². The van der Waals surface area contributed by atoms with Gasteiger partial charge in [0.2, 0.25) is 0 Å². The maximum absolute atomic E-state index is 11.6. The first-order valence-electron chi connectivity index (χ1n) is 10.8. The normalized spacial score (nSPS) is 25.6. The Kier molecular flexibility index (Phi) is 7.93. The second kappa shape index (κ2) is 10.6. The molecular weight excluding hydrogens is 396 g/mol. The summed E-state index contributed by atoms with van der Waals surface area (Å²) in [7, 11) is 0. The molecule has 6 heteroatoms. The number of ether oxygens (including phenoxy) is 3. The quantitative estimate of drug-likeness (QED) is 0.651. The van der Waals surface area contributed by atoms with E-state index in [4.69, 9.17) is 14.2 Å². The molecule has 0 saturated heterocycles. The molecule has 5 atom stereocenters. The van der Waals surface area contributed by atoms with Gasteiger partial charge in [-0.05, 0) is 43.4 Å². The minimum atomic E-state index is -1.03. The highest BCUT2D eigenvalue weighted by molar-refractivity contribution is 5.59. The zero-order valence-electron chi connectivity index (χ0n) is 18.4. The Balaban J connectivity index is 1.71. The molecule has 0 amide bonds. The predicted molar refractivity (Wildman–Crippen MR) is 117 cm³/mol. The minimum absolute atomic E-state index is 0.106. The molecule has 0 bridgehead atoms. The Hall–Kier alpha value is -2.57. The van der Waals surface area contributed by atoms with Crippen LogP contribution in [0.5, 0.6) is 5.75 Å². The van der Waals surface area contributed by atoms with Gasteiger partial charge < -0.3 is 24.4 Å². The zero-order valence-corrected chi connectivity index (χ0v) is 18.4. The zero-order chi connectivity index (χ0) is 22.4. The van der Waals surface area contributed by atoms with Crippen molar-refractivity contribution in [3.8, 4) is 5.75 Å². The Labute approximate surface area is 183 Å². The van der Waals surface area contributed by atoms with Gasteiger partial charge in [0, 0.05) is 12.3 Å². The second-order valence-electron chi connectivity index (χ2n) is 8.26. The summed E-state index contributed by atoms with van der Waals surface area (Å²) in [6.07, 6.45) is -2.18. The van der Waals surface area contributed by atoms with Crippen molar-refractivity contribution in [1.29, 1.82) is 0 Å². The Bertz CT molecular complexity index is 849. The maximum atomic E-state index is 11.6. The van der Waals surface area contributed by atoms with Crippen LogP contribution in [0.1, 0.15) is 37.0 Å². The highest BCUT2D eigenvalue weighted by atomic mass is 16.7. The molecular formula is C25H32O6. The number of carbonyl (C=O) groups excluding carboxylic acids is 1. The summed E-state index contributed by atoms with van der Waals surface area (Å²) in [4.78, 5) is 11.6. The molecule has 2 aromatic carbocycles. The highest BCUT2D eigenvalue weighted by Crippen LogP contribution is 2.34. The highest BCUT2D eigenvalue weighted by Gasteiger charge is 2.43. The van der Waals surface area contributed by atoms with Gasteiger partial charge in [0.1, 0.15) is 18.0 Å². The van der Waals surface area contributed by atoms with E-state index in [0.717, 1.165) is 5.56 Å². The Morgan fingerprint density at radius 2 is 1.74 bits per heavy atom. The summed E-state index contributed by atoms with van der Waals surface area (Å²) in [5.74, 6) is 0.281. The minimum Gasteiger partial charge on any atom is -0.487 e. The molecule has 0 heterocycles. The summed E-state index contributed by atoms with van der Waals surface area (Å²) in [5, 5.41) is 21.2. The molecule has 1 unspecified atom stereocenters. The van der Waals surface area contributed by atoms with Crippen molar-refractivity contribution < 1.29 is 29.2 Å². The van der Waals surface area contributed by atoms with Crippen LogP contribution in [-0.2, 0) is 15.9 Å². The van der Waals surface area contributed by atoms with Crippen LogP contribution in [0.15, 0.2) is 48.5 Å². The third kappa shape index (κ3) is 5.99. The molecule has 31 heavy (non-hydrogen) atoms. The van der Waals surface area contributed by atoms with Gasteiger partial charge in [-0.25, -0.2) is 4.79 Å². The van der Waals surface area contributed by atoms with Crippen LogP contribution in [0.2, 0.25) is 0 Å². The lowest BCUT2D eigenvalue weighted by Crippen LogP contribution is -2.52. The van der Waals surface area contributed by atoms with Gasteiger partial charge in [-0.2, -0.15) is 0 Å². The molecule has 0 aliphatic heterocycles. The van der Waals surface area contributed by atoms with E-state index in [-0.39, 0.29) is 25.0 Å². The van der Waals surface area contributed by atoms with Gasteiger partial charge >= 0.3 is 6.16 Å². The first kappa shape index (κ1) is 23.1. The van der Waals surface area contributed by atoms with Crippen LogP contribution in [0.3, 0.4) is 0 Å². The van der Waals surface area contributed by atoms with E-state index in [0.29, 0.717) is 18.6 Å². The molecule has 1 aliphatic rings. The molecule has 0 spiro atoms. The van der Waals surface area contributed by atoms with E-state index in [1.807, 2.05) is 31.2 Å². The molecule has 1 aliphatic carbocycles. The van der Waals surface area contributed by atoms with E-state index < -0.39 is 24.5 Å². The summed E-state index contributed by atoms with van der Waals surface area (Å²) < 4.78 is 16.2. The van der Waals surface area contributed by atoms with E-state index in [1.165, 1.54) is 11.1 Å². The lowest BCUT2D eigenvalue weighted by atomic mass is 9.75. The molecule has 3 rings (SSSR count). The number of aliphatic hydroxyl groups excluding tert-OH is 2. The van der Waals surface area contributed by atoms with E-state index in [1.54, 1.807) is 6.92 Å². The number of benzene rings is 2. The van der Waals surface area contributed by atoms with Crippen molar-refractivity contribution in [3.63, 3.8) is 0 Å². The third-order valence-corrected chi connectivity index (χ3v) is 5.99. The average molecular weight is 429 g/mol. The van der Waals surface area contributed by atoms with Crippen molar-refractivity contribution >= 4 is 6.16 Å². The number of aryl methyl sites for hydroxylation is 1. The smallest absolute Gasteiger partial charge is 0.487 e. The van der Waals surface area contributed by atoms with Gasteiger partial charge in [-0.3, -0.25) is 0 Å². The van der Waals surface area contributed by atoms with Crippen LogP contribution < -0.4 is 4.74 Å². The van der Waals surface area contributed by atoms with Gasteiger partial charge in [0.05, 0.1) is 19.3 Å². The number of carbonyl (C=O) groups is 1. The van der Waals surface area contributed by atoms with Crippen LogP contribution in [-0.4, -0.2) is 47.9 Å². The molecule has 1 fully saturated rings. The summed E-state index contributed by atoms with van der Waals surface area (Å²) in [5.41, 5.74) is 3.38. The Morgan fingerprint density at radius 3 is 2.45 bits per heavy atom. The maximum Gasteiger partial charge on any atom is 0.508 e. The SMILES string of the molecule is CCOC(=O)OC[C@H]1CC(Oc2ccccc2Cc2ccc(C)cc2)[C@H](O)[C@@H](O)[C@@H]1C. The number of hydrogen-bond acceptors (Lipinski definition) is 6. The number of para-hydroxylation sites is 1. The number of aliphatic hydroxyl groups is 2. The molecule has 0 aromatic heterocycles. The first-order valence-corrected chi connectivity index (χ1v) is 10.8. The topological polar surface area (TPSA) is 85.2 Å². The average Bonchev–Trinajstić information content (AvgIpc) is 2.76. The van der Waals surface area contributed by atoms with Crippen molar-refractivity contribution in [1.82, 2.24) is 0 Å². The predicted octanol–water partition coefficient (Wildman–Crippen LogP) is 3.88.